The highest BCUT2D eigenvalue weighted by atomic mass is 35.5. The van der Waals surface area contributed by atoms with E-state index in [1.54, 1.807) is 18.4 Å². The summed E-state index contributed by atoms with van der Waals surface area (Å²) in [5.74, 6) is 0.903. The van der Waals surface area contributed by atoms with Gasteiger partial charge in [0.15, 0.2) is 5.76 Å². The fourth-order valence-corrected chi connectivity index (χ4v) is 4.61. The fourth-order valence-electron chi connectivity index (χ4n) is 3.17. The minimum Gasteiger partial charge on any atom is -0.463 e. The first-order chi connectivity index (χ1) is 11.5. The van der Waals surface area contributed by atoms with Crippen LogP contribution in [-0.4, -0.2) is 20.5 Å². The lowest BCUT2D eigenvalue weighted by Crippen LogP contribution is -2.92. The van der Waals surface area contributed by atoms with Crippen LogP contribution in [-0.2, 0) is 16.6 Å². The highest BCUT2D eigenvalue weighted by Gasteiger charge is 2.32. The lowest BCUT2D eigenvalue weighted by Gasteiger charge is -2.29. The third-order valence-electron chi connectivity index (χ3n) is 4.45. The van der Waals surface area contributed by atoms with Gasteiger partial charge in [0.05, 0.1) is 17.2 Å². The molecule has 0 amide bonds. The minimum absolute atomic E-state index is 0.0746. The number of quaternary nitrogens is 1. The topological polar surface area (TPSA) is 75.9 Å². The van der Waals surface area contributed by atoms with Crippen molar-refractivity contribution in [1.29, 1.82) is 0 Å². The highest BCUT2D eigenvalue weighted by Crippen LogP contribution is 2.20. The normalized spacial score (nSPS) is 21.7. The second kappa shape index (κ2) is 7.70. The van der Waals surface area contributed by atoms with Crippen LogP contribution in [0.2, 0.25) is 5.02 Å². The molecule has 1 aromatic carbocycles. The van der Waals surface area contributed by atoms with E-state index in [1.165, 1.54) is 12.1 Å². The molecule has 1 aliphatic rings. The molecule has 130 valence electrons. The van der Waals surface area contributed by atoms with Gasteiger partial charge >= 0.3 is 0 Å². The van der Waals surface area contributed by atoms with E-state index in [2.05, 4.69) is 10.0 Å². The number of hydrogen-bond acceptors (Lipinski definition) is 3. The second-order valence-electron chi connectivity index (χ2n) is 6.15. The number of furan rings is 1. The van der Waals surface area contributed by atoms with Crippen molar-refractivity contribution in [3.63, 3.8) is 0 Å². The van der Waals surface area contributed by atoms with Crippen molar-refractivity contribution in [1.82, 2.24) is 4.72 Å². The summed E-state index contributed by atoms with van der Waals surface area (Å²) in [5.41, 5.74) is 0. The van der Waals surface area contributed by atoms with E-state index in [-0.39, 0.29) is 17.0 Å². The summed E-state index contributed by atoms with van der Waals surface area (Å²) in [5, 5.41) is 2.70. The molecule has 0 unspecified atom stereocenters. The van der Waals surface area contributed by atoms with Crippen molar-refractivity contribution < 1.29 is 18.2 Å². The predicted molar refractivity (Wildman–Crippen MR) is 92.2 cm³/mol. The molecule has 1 fully saturated rings. The molecule has 3 rings (SSSR count). The monoisotopic (exact) mass is 369 g/mol. The zero-order valence-corrected chi connectivity index (χ0v) is 14.9. The maximum atomic E-state index is 12.6. The van der Waals surface area contributed by atoms with Crippen LogP contribution in [0.25, 0.3) is 0 Å². The molecule has 2 atom stereocenters. The van der Waals surface area contributed by atoms with Gasteiger partial charge in [0.25, 0.3) is 0 Å². The van der Waals surface area contributed by atoms with Gasteiger partial charge in [0, 0.05) is 11.4 Å². The SMILES string of the molecule is O=S(=O)(N[C@@H]1CCCC[C@@H]1[NH2+]Cc1ccco1)c1ccc(Cl)cc1. The van der Waals surface area contributed by atoms with Gasteiger partial charge in [-0.05, 0) is 49.2 Å². The van der Waals surface area contributed by atoms with Gasteiger partial charge in [-0.3, -0.25) is 0 Å². The standard InChI is InChI=1S/C17H21ClN2O3S/c18-13-7-9-15(10-8-13)24(21,22)20-17-6-2-1-5-16(17)19-12-14-4-3-11-23-14/h3-4,7-11,16-17,19-20H,1-2,5-6,12H2/p+1/t16-,17+/m0/s1. The summed E-state index contributed by atoms with van der Waals surface area (Å²) in [6.45, 7) is 0.719. The molecule has 1 saturated carbocycles. The first-order valence-electron chi connectivity index (χ1n) is 8.18. The van der Waals surface area contributed by atoms with Crippen molar-refractivity contribution >= 4 is 21.6 Å². The molecule has 0 radical (unpaired) electrons. The molecule has 0 saturated heterocycles. The first-order valence-corrected chi connectivity index (χ1v) is 10.0. The molecule has 7 heteroatoms. The Balaban J connectivity index is 1.67. The molecule has 3 N–H and O–H groups in total. The Morgan fingerprint density at radius 3 is 2.62 bits per heavy atom. The summed E-state index contributed by atoms with van der Waals surface area (Å²) in [6, 6.07) is 10.2. The van der Waals surface area contributed by atoms with Gasteiger partial charge in [0.2, 0.25) is 10.0 Å². The van der Waals surface area contributed by atoms with Crippen LogP contribution < -0.4 is 10.0 Å². The second-order valence-corrected chi connectivity index (χ2v) is 8.30. The minimum atomic E-state index is -3.53. The predicted octanol–water partition coefficient (Wildman–Crippen LogP) is 2.29. The lowest BCUT2D eigenvalue weighted by molar-refractivity contribution is -0.710. The lowest BCUT2D eigenvalue weighted by atomic mass is 9.91. The summed E-state index contributed by atoms with van der Waals surface area (Å²) >= 11 is 5.84. The third-order valence-corrected chi connectivity index (χ3v) is 6.21. The van der Waals surface area contributed by atoms with E-state index in [1.807, 2.05) is 12.1 Å². The number of rotatable bonds is 6. The smallest absolute Gasteiger partial charge is 0.241 e. The average molecular weight is 370 g/mol. The molecule has 0 aliphatic heterocycles. The third kappa shape index (κ3) is 4.39. The summed E-state index contributed by atoms with van der Waals surface area (Å²) in [4.78, 5) is 0.252. The van der Waals surface area contributed by atoms with Gasteiger partial charge < -0.3 is 9.73 Å². The van der Waals surface area contributed by atoms with Crippen molar-refractivity contribution in [3.8, 4) is 0 Å². The quantitative estimate of drug-likeness (QED) is 0.820. The summed E-state index contributed by atoms with van der Waals surface area (Å²) in [6.07, 6.45) is 5.67. The molecular formula is C17H22ClN2O3S+. The summed E-state index contributed by atoms with van der Waals surface area (Å²) in [7, 11) is -3.53. The Bertz CT molecular complexity index is 745. The van der Waals surface area contributed by atoms with Crippen LogP contribution in [0.3, 0.4) is 0 Å². The Kier molecular flexibility index (Phi) is 5.61. The van der Waals surface area contributed by atoms with Gasteiger partial charge in [-0.1, -0.05) is 18.0 Å². The van der Waals surface area contributed by atoms with E-state index < -0.39 is 10.0 Å². The number of sulfonamides is 1. The molecule has 24 heavy (non-hydrogen) atoms. The molecule has 1 aliphatic carbocycles. The van der Waals surface area contributed by atoms with E-state index in [0.29, 0.717) is 5.02 Å². The molecule has 0 spiro atoms. The van der Waals surface area contributed by atoms with Crippen LogP contribution in [0, 0.1) is 0 Å². The number of hydrogen-bond donors (Lipinski definition) is 2. The zero-order valence-electron chi connectivity index (χ0n) is 13.3. The van der Waals surface area contributed by atoms with Gasteiger partial charge in [0.1, 0.15) is 12.6 Å². The Labute approximate surface area is 147 Å². The number of nitrogens with one attached hydrogen (secondary N) is 1. The molecule has 1 heterocycles. The van der Waals surface area contributed by atoms with Gasteiger partial charge in [-0.15, -0.1) is 0 Å². The van der Waals surface area contributed by atoms with Crippen molar-refractivity contribution in [2.75, 3.05) is 0 Å². The fraction of sp³-hybridized carbons (Fsp3) is 0.412. The Morgan fingerprint density at radius 2 is 1.92 bits per heavy atom. The highest BCUT2D eigenvalue weighted by molar-refractivity contribution is 7.89. The van der Waals surface area contributed by atoms with Crippen LogP contribution in [0.5, 0.6) is 0 Å². The van der Waals surface area contributed by atoms with E-state index in [0.717, 1.165) is 38.0 Å². The van der Waals surface area contributed by atoms with Crippen LogP contribution in [0.1, 0.15) is 31.4 Å². The van der Waals surface area contributed by atoms with Crippen LogP contribution >= 0.6 is 11.6 Å². The summed E-state index contributed by atoms with van der Waals surface area (Å²) < 4.78 is 33.4. The van der Waals surface area contributed by atoms with Crippen molar-refractivity contribution in [2.24, 2.45) is 0 Å². The Morgan fingerprint density at radius 1 is 1.17 bits per heavy atom. The largest absolute Gasteiger partial charge is 0.463 e. The van der Waals surface area contributed by atoms with E-state index in [9.17, 15) is 8.42 Å². The molecule has 2 aromatic rings. The van der Waals surface area contributed by atoms with Crippen molar-refractivity contribution in [2.45, 2.75) is 49.2 Å². The maximum absolute atomic E-state index is 12.6. The van der Waals surface area contributed by atoms with Gasteiger partial charge in [-0.25, -0.2) is 13.1 Å². The zero-order chi connectivity index (χ0) is 17.0. The van der Waals surface area contributed by atoms with E-state index in [4.69, 9.17) is 16.0 Å². The molecular weight excluding hydrogens is 348 g/mol. The van der Waals surface area contributed by atoms with E-state index >= 15 is 0 Å². The molecule has 0 bridgehead atoms. The van der Waals surface area contributed by atoms with Crippen molar-refractivity contribution in [3.05, 3.63) is 53.4 Å². The van der Waals surface area contributed by atoms with Crippen LogP contribution in [0.15, 0.2) is 52.0 Å². The molecule has 5 nitrogen and oxygen atoms in total. The first kappa shape index (κ1) is 17.5. The number of halogens is 1. The molecule has 1 aromatic heterocycles. The van der Waals surface area contributed by atoms with Crippen LogP contribution in [0.4, 0.5) is 0 Å². The number of benzene rings is 1. The maximum Gasteiger partial charge on any atom is 0.241 e. The number of nitrogens with two attached hydrogens (primary N) is 1. The Hall–Kier alpha value is -1.34. The average Bonchev–Trinajstić information content (AvgIpc) is 3.07. The van der Waals surface area contributed by atoms with Gasteiger partial charge in [-0.2, -0.15) is 0 Å².